The number of rotatable bonds is 4. The Morgan fingerprint density at radius 1 is 1.47 bits per heavy atom. The van der Waals surface area contributed by atoms with Crippen LogP contribution in [0.25, 0.3) is 0 Å². The normalized spacial score (nSPS) is 23.2. The van der Waals surface area contributed by atoms with E-state index in [4.69, 9.17) is 4.74 Å². The van der Waals surface area contributed by atoms with Gasteiger partial charge in [-0.05, 0) is 25.0 Å². The Bertz CT molecular complexity index is 484. The van der Waals surface area contributed by atoms with Crippen molar-refractivity contribution in [3.8, 4) is 0 Å². The summed E-state index contributed by atoms with van der Waals surface area (Å²) in [6.07, 6.45) is 3.00. The Balaban J connectivity index is 1.75. The van der Waals surface area contributed by atoms with E-state index in [9.17, 15) is 9.59 Å². The van der Waals surface area contributed by atoms with Gasteiger partial charge in [-0.2, -0.15) is 0 Å². The van der Waals surface area contributed by atoms with Crippen molar-refractivity contribution in [3.05, 3.63) is 17.0 Å². The number of carbonyl (C=O) groups is 2. The lowest BCUT2D eigenvalue weighted by atomic mass is 10.2. The second-order valence-corrected chi connectivity index (χ2v) is 5.95. The zero-order valence-electron chi connectivity index (χ0n) is 10.5. The highest BCUT2D eigenvalue weighted by atomic mass is 32.1. The molecule has 0 spiro atoms. The summed E-state index contributed by atoms with van der Waals surface area (Å²) in [5.74, 6) is 0.0308. The molecule has 6 heteroatoms. The monoisotopic (exact) mass is 280 g/mol. The van der Waals surface area contributed by atoms with Gasteiger partial charge in [-0.3, -0.25) is 9.59 Å². The van der Waals surface area contributed by atoms with Crippen LogP contribution in [-0.2, 0) is 9.53 Å². The number of nitrogens with one attached hydrogen (secondary N) is 1. The smallest absolute Gasteiger partial charge is 0.245 e. The molecule has 1 aromatic rings. The molecule has 3 rings (SSSR count). The van der Waals surface area contributed by atoms with Crippen molar-refractivity contribution in [2.75, 3.05) is 24.7 Å². The predicted octanol–water partition coefficient (Wildman–Crippen LogP) is 1.04. The molecule has 0 aromatic carbocycles. The Morgan fingerprint density at radius 3 is 3.00 bits per heavy atom. The maximum absolute atomic E-state index is 12.2. The van der Waals surface area contributed by atoms with Gasteiger partial charge in [0.05, 0.1) is 23.1 Å². The molecule has 1 aromatic heterocycles. The molecule has 1 amide bonds. The zero-order valence-corrected chi connectivity index (χ0v) is 11.3. The predicted molar refractivity (Wildman–Crippen MR) is 72.8 cm³/mol. The molecule has 19 heavy (non-hydrogen) atoms. The van der Waals surface area contributed by atoms with Crippen LogP contribution < -0.4 is 10.2 Å². The minimum Gasteiger partial charge on any atom is -0.377 e. The number of hydrogen-bond donors (Lipinski definition) is 1. The largest absolute Gasteiger partial charge is 0.377 e. The standard InChI is InChI=1S/C13H16N2O3S/c16-7-10-3-4-12(19-10)15-5-6-18-8-11(15)13(17)14-9-1-2-9/h3-4,7,9,11H,1-2,5-6,8H2,(H,14,17). The molecule has 1 aliphatic carbocycles. The van der Waals surface area contributed by atoms with E-state index in [1.165, 1.54) is 11.3 Å². The van der Waals surface area contributed by atoms with Crippen LogP contribution >= 0.6 is 11.3 Å². The lowest BCUT2D eigenvalue weighted by molar-refractivity contribution is -0.124. The maximum atomic E-state index is 12.2. The van der Waals surface area contributed by atoms with Crippen molar-refractivity contribution in [2.45, 2.75) is 24.9 Å². The molecule has 2 fully saturated rings. The highest BCUT2D eigenvalue weighted by Crippen LogP contribution is 2.28. The third-order valence-corrected chi connectivity index (χ3v) is 4.41. The number of hydrogen-bond acceptors (Lipinski definition) is 5. The van der Waals surface area contributed by atoms with Gasteiger partial charge in [0.1, 0.15) is 6.04 Å². The average molecular weight is 280 g/mol. The van der Waals surface area contributed by atoms with Crippen molar-refractivity contribution in [3.63, 3.8) is 0 Å². The van der Waals surface area contributed by atoms with Gasteiger partial charge in [-0.25, -0.2) is 0 Å². The van der Waals surface area contributed by atoms with Gasteiger partial charge >= 0.3 is 0 Å². The summed E-state index contributed by atoms with van der Waals surface area (Å²) >= 11 is 1.42. The molecule has 1 saturated carbocycles. The van der Waals surface area contributed by atoms with E-state index in [1.807, 2.05) is 11.0 Å². The van der Waals surface area contributed by atoms with Gasteiger partial charge in [0.15, 0.2) is 6.29 Å². The van der Waals surface area contributed by atoms with Crippen LogP contribution in [0, 0.1) is 0 Å². The first-order valence-corrected chi connectivity index (χ1v) is 7.29. The minimum atomic E-state index is -0.285. The van der Waals surface area contributed by atoms with Crippen LogP contribution in [-0.4, -0.2) is 44.0 Å². The highest BCUT2D eigenvalue weighted by molar-refractivity contribution is 7.17. The van der Waals surface area contributed by atoms with Gasteiger partial charge in [0, 0.05) is 12.6 Å². The molecule has 1 N–H and O–H groups in total. The van der Waals surface area contributed by atoms with E-state index < -0.39 is 0 Å². The lowest BCUT2D eigenvalue weighted by Gasteiger charge is -2.35. The summed E-state index contributed by atoms with van der Waals surface area (Å²) in [4.78, 5) is 25.7. The summed E-state index contributed by atoms with van der Waals surface area (Å²) in [5, 5.41) is 3.98. The van der Waals surface area contributed by atoms with Gasteiger partial charge in [0.2, 0.25) is 5.91 Å². The molecular formula is C13H16N2O3S. The van der Waals surface area contributed by atoms with Crippen LogP contribution in [0.5, 0.6) is 0 Å². The molecule has 102 valence electrons. The van der Waals surface area contributed by atoms with Crippen LogP contribution in [0.3, 0.4) is 0 Å². The molecule has 1 saturated heterocycles. The summed E-state index contributed by atoms with van der Waals surface area (Å²) in [5.41, 5.74) is 0. The van der Waals surface area contributed by atoms with Crippen molar-refractivity contribution < 1.29 is 14.3 Å². The number of anilines is 1. The van der Waals surface area contributed by atoms with E-state index >= 15 is 0 Å². The molecule has 2 aliphatic rings. The number of morpholine rings is 1. The fraction of sp³-hybridized carbons (Fsp3) is 0.538. The van der Waals surface area contributed by atoms with E-state index in [1.54, 1.807) is 6.07 Å². The van der Waals surface area contributed by atoms with E-state index in [2.05, 4.69) is 5.32 Å². The summed E-state index contributed by atoms with van der Waals surface area (Å²) in [7, 11) is 0. The molecule has 0 bridgehead atoms. The lowest BCUT2D eigenvalue weighted by Crippen LogP contribution is -2.54. The summed E-state index contributed by atoms with van der Waals surface area (Å²) in [6.45, 7) is 1.70. The SMILES string of the molecule is O=Cc1ccc(N2CCOCC2C(=O)NC2CC2)s1. The minimum absolute atomic E-state index is 0.0308. The van der Waals surface area contributed by atoms with Gasteiger partial charge in [-0.15, -0.1) is 11.3 Å². The summed E-state index contributed by atoms with van der Waals surface area (Å²) in [6, 6.07) is 3.76. The van der Waals surface area contributed by atoms with Crippen molar-refractivity contribution in [1.29, 1.82) is 0 Å². The fourth-order valence-corrected chi connectivity index (χ4v) is 3.07. The Hall–Kier alpha value is -1.40. The first-order chi connectivity index (χ1) is 9.28. The van der Waals surface area contributed by atoms with Gasteiger partial charge in [0.25, 0.3) is 0 Å². The fourth-order valence-electron chi connectivity index (χ4n) is 2.17. The van der Waals surface area contributed by atoms with Gasteiger partial charge < -0.3 is 15.0 Å². The first kappa shape index (κ1) is 12.6. The maximum Gasteiger partial charge on any atom is 0.245 e. The molecule has 2 heterocycles. The molecule has 1 atom stereocenters. The third kappa shape index (κ3) is 2.79. The number of carbonyl (C=O) groups excluding carboxylic acids is 2. The number of thiophene rings is 1. The van der Waals surface area contributed by atoms with Crippen molar-refractivity contribution >= 4 is 28.5 Å². The Kier molecular flexibility index (Phi) is 3.52. The second kappa shape index (κ2) is 5.30. The van der Waals surface area contributed by atoms with Crippen molar-refractivity contribution in [2.24, 2.45) is 0 Å². The summed E-state index contributed by atoms with van der Waals surface area (Å²) < 4.78 is 5.42. The van der Waals surface area contributed by atoms with E-state index in [0.717, 1.165) is 24.1 Å². The van der Waals surface area contributed by atoms with E-state index in [-0.39, 0.29) is 11.9 Å². The molecule has 1 unspecified atom stereocenters. The second-order valence-electron chi connectivity index (χ2n) is 4.86. The molecular weight excluding hydrogens is 264 g/mol. The number of amides is 1. The van der Waals surface area contributed by atoms with Crippen LogP contribution in [0.15, 0.2) is 12.1 Å². The topological polar surface area (TPSA) is 58.6 Å². The third-order valence-electron chi connectivity index (χ3n) is 3.37. The van der Waals surface area contributed by atoms with Crippen LogP contribution in [0.1, 0.15) is 22.5 Å². The molecule has 5 nitrogen and oxygen atoms in total. The van der Waals surface area contributed by atoms with Gasteiger partial charge in [-0.1, -0.05) is 0 Å². The molecule has 0 radical (unpaired) electrons. The first-order valence-electron chi connectivity index (χ1n) is 6.47. The number of ether oxygens (including phenoxy) is 1. The van der Waals surface area contributed by atoms with E-state index in [0.29, 0.717) is 30.7 Å². The average Bonchev–Trinajstić information content (AvgIpc) is 3.12. The number of nitrogens with zero attached hydrogens (tertiary/aromatic N) is 1. The van der Waals surface area contributed by atoms with Crippen LogP contribution in [0.4, 0.5) is 5.00 Å². The highest BCUT2D eigenvalue weighted by Gasteiger charge is 2.33. The zero-order chi connectivity index (χ0) is 13.2. The van der Waals surface area contributed by atoms with Crippen LogP contribution in [0.2, 0.25) is 0 Å². The number of aldehydes is 1. The van der Waals surface area contributed by atoms with Crippen molar-refractivity contribution in [1.82, 2.24) is 5.32 Å². The Morgan fingerprint density at radius 2 is 2.32 bits per heavy atom. The molecule has 1 aliphatic heterocycles. The Labute approximate surface area is 115 Å². The quantitative estimate of drug-likeness (QED) is 0.837.